The zero-order valence-corrected chi connectivity index (χ0v) is 13.7. The predicted molar refractivity (Wildman–Crippen MR) is 102 cm³/mol. The molecule has 1 heteroatoms. The number of aromatic nitrogens is 1. The molecule has 0 aliphatic heterocycles. The summed E-state index contributed by atoms with van der Waals surface area (Å²) in [7, 11) is 0. The number of aryl methyl sites for hydroxylation is 1. The van der Waals surface area contributed by atoms with Crippen LogP contribution in [-0.2, 0) is 0 Å². The van der Waals surface area contributed by atoms with Gasteiger partial charge in [-0.1, -0.05) is 66.3 Å². The summed E-state index contributed by atoms with van der Waals surface area (Å²) in [6.07, 6.45) is 13.6. The molecule has 1 heterocycles. The molecule has 0 saturated heterocycles. The van der Waals surface area contributed by atoms with E-state index in [9.17, 15) is 0 Å². The van der Waals surface area contributed by atoms with Gasteiger partial charge in [-0.2, -0.15) is 0 Å². The molecule has 1 nitrogen and oxygen atoms in total. The van der Waals surface area contributed by atoms with Crippen molar-refractivity contribution >= 4 is 17.0 Å². The third-order valence-electron chi connectivity index (χ3n) is 5.23. The van der Waals surface area contributed by atoms with E-state index in [2.05, 4.69) is 96.5 Å². The van der Waals surface area contributed by atoms with E-state index in [0.717, 1.165) is 0 Å². The van der Waals surface area contributed by atoms with Gasteiger partial charge >= 0.3 is 0 Å². The molecule has 0 saturated carbocycles. The highest BCUT2D eigenvalue weighted by Crippen LogP contribution is 2.44. The van der Waals surface area contributed by atoms with Crippen LogP contribution in [0.4, 0.5) is 0 Å². The molecule has 0 spiro atoms. The molecule has 3 aromatic rings. The van der Waals surface area contributed by atoms with E-state index in [1.165, 1.54) is 33.4 Å². The first-order chi connectivity index (χ1) is 11.8. The molecule has 24 heavy (non-hydrogen) atoms. The minimum absolute atomic E-state index is 0.437. The molecule has 116 valence electrons. The summed E-state index contributed by atoms with van der Waals surface area (Å²) in [6, 6.07) is 17.6. The zero-order valence-electron chi connectivity index (χ0n) is 13.7. The molecule has 1 aromatic heterocycles. The molecule has 2 aliphatic rings. The van der Waals surface area contributed by atoms with Crippen molar-refractivity contribution in [1.29, 1.82) is 0 Å². The summed E-state index contributed by atoms with van der Waals surface area (Å²) in [4.78, 5) is 0. The second-order valence-corrected chi connectivity index (χ2v) is 6.72. The average molecular weight is 309 g/mol. The summed E-state index contributed by atoms with van der Waals surface area (Å²) in [5.41, 5.74) is 6.59. The van der Waals surface area contributed by atoms with Gasteiger partial charge in [-0.25, -0.2) is 0 Å². The van der Waals surface area contributed by atoms with Crippen LogP contribution in [0.2, 0.25) is 0 Å². The fourth-order valence-electron chi connectivity index (χ4n) is 4.07. The van der Waals surface area contributed by atoms with Crippen LogP contribution in [0.15, 0.2) is 78.9 Å². The van der Waals surface area contributed by atoms with Crippen molar-refractivity contribution in [2.45, 2.75) is 12.8 Å². The van der Waals surface area contributed by atoms with E-state index in [1.807, 2.05) is 0 Å². The Balaban J connectivity index is 1.85. The molecule has 2 aromatic carbocycles. The fraction of sp³-hybridized carbons (Fsp3) is 0.130. The lowest BCUT2D eigenvalue weighted by Gasteiger charge is -2.26. The van der Waals surface area contributed by atoms with Gasteiger partial charge in [0.1, 0.15) is 0 Å². The maximum Gasteiger partial charge on any atom is 0.0537 e. The van der Waals surface area contributed by atoms with E-state index >= 15 is 0 Å². The maximum absolute atomic E-state index is 2.41. The SMILES string of the molecule is Cc1ccc(-n2c3c(c4ccccc42)C2C=CC=CC2C=C3)cc1. The van der Waals surface area contributed by atoms with Crippen LogP contribution in [0, 0.1) is 12.8 Å². The van der Waals surface area contributed by atoms with Crippen LogP contribution >= 0.6 is 0 Å². The standard InChI is InChI=1S/C23H19N/c1-16-10-13-18(14-11-16)24-21-9-5-4-8-20(21)23-19-7-3-2-6-17(19)12-15-22(23)24/h2-15,17,19H,1H3. The molecule has 0 radical (unpaired) electrons. The lowest BCUT2D eigenvalue weighted by Crippen LogP contribution is -2.13. The van der Waals surface area contributed by atoms with Gasteiger partial charge in [0, 0.05) is 22.9 Å². The molecule has 0 N–H and O–H groups in total. The quantitative estimate of drug-likeness (QED) is 0.536. The highest BCUT2D eigenvalue weighted by atomic mass is 15.0. The molecular formula is C23H19N. The molecule has 2 unspecified atom stereocenters. The highest BCUT2D eigenvalue weighted by Gasteiger charge is 2.29. The van der Waals surface area contributed by atoms with Crippen LogP contribution in [0.5, 0.6) is 0 Å². The van der Waals surface area contributed by atoms with Gasteiger partial charge in [0.2, 0.25) is 0 Å². The molecule has 2 aliphatic carbocycles. The van der Waals surface area contributed by atoms with E-state index in [0.29, 0.717) is 11.8 Å². The first-order valence-corrected chi connectivity index (χ1v) is 8.56. The Bertz CT molecular complexity index is 1010. The number of fused-ring (bicyclic) bond motifs is 5. The molecule has 0 bridgehead atoms. The van der Waals surface area contributed by atoms with Crippen LogP contribution in [0.1, 0.15) is 22.7 Å². The number of benzene rings is 2. The summed E-state index contributed by atoms with van der Waals surface area (Å²) in [5, 5.41) is 1.37. The third-order valence-corrected chi connectivity index (χ3v) is 5.23. The molecular weight excluding hydrogens is 290 g/mol. The number of allylic oxidation sites excluding steroid dienone is 5. The normalized spacial score (nSPS) is 21.0. The van der Waals surface area contributed by atoms with Gasteiger partial charge in [0.25, 0.3) is 0 Å². The second-order valence-electron chi connectivity index (χ2n) is 6.72. The number of nitrogens with zero attached hydrogens (tertiary/aromatic N) is 1. The second kappa shape index (κ2) is 5.10. The third kappa shape index (κ3) is 1.88. The van der Waals surface area contributed by atoms with E-state index in [1.54, 1.807) is 0 Å². The first-order valence-electron chi connectivity index (χ1n) is 8.56. The minimum Gasteiger partial charge on any atom is -0.310 e. The highest BCUT2D eigenvalue weighted by molar-refractivity contribution is 5.92. The lowest BCUT2D eigenvalue weighted by molar-refractivity contribution is 0.693. The molecule has 5 rings (SSSR count). The monoisotopic (exact) mass is 309 g/mol. The Morgan fingerprint density at radius 1 is 0.833 bits per heavy atom. The van der Waals surface area contributed by atoms with Crippen molar-refractivity contribution in [3.63, 3.8) is 0 Å². The van der Waals surface area contributed by atoms with Crippen molar-refractivity contribution in [3.8, 4) is 5.69 Å². The smallest absolute Gasteiger partial charge is 0.0537 e. The summed E-state index contributed by atoms with van der Waals surface area (Å²) in [5.74, 6) is 0.909. The Hall–Kier alpha value is -2.80. The maximum atomic E-state index is 2.41. The number of hydrogen-bond acceptors (Lipinski definition) is 0. The van der Waals surface area contributed by atoms with Gasteiger partial charge in [-0.05, 0) is 36.8 Å². The summed E-state index contributed by atoms with van der Waals surface area (Å²) >= 11 is 0. The van der Waals surface area contributed by atoms with Crippen LogP contribution in [0.3, 0.4) is 0 Å². The van der Waals surface area contributed by atoms with Gasteiger partial charge in [-0.3, -0.25) is 0 Å². The van der Waals surface area contributed by atoms with Crippen molar-refractivity contribution in [3.05, 3.63) is 95.7 Å². The Labute approximate surface area is 142 Å². The van der Waals surface area contributed by atoms with Crippen molar-refractivity contribution in [2.24, 2.45) is 5.92 Å². The van der Waals surface area contributed by atoms with Gasteiger partial charge in [0.15, 0.2) is 0 Å². The summed E-state index contributed by atoms with van der Waals surface area (Å²) < 4.78 is 2.41. The first kappa shape index (κ1) is 13.6. The number of para-hydroxylation sites is 1. The van der Waals surface area contributed by atoms with E-state index < -0.39 is 0 Å². The Morgan fingerprint density at radius 3 is 2.50 bits per heavy atom. The lowest BCUT2D eigenvalue weighted by atomic mass is 9.78. The van der Waals surface area contributed by atoms with Gasteiger partial charge in [-0.15, -0.1) is 0 Å². The summed E-state index contributed by atoms with van der Waals surface area (Å²) in [6.45, 7) is 2.14. The molecule has 2 atom stereocenters. The molecule has 0 fully saturated rings. The van der Waals surface area contributed by atoms with Gasteiger partial charge < -0.3 is 4.57 Å². The van der Waals surface area contributed by atoms with E-state index in [4.69, 9.17) is 0 Å². The zero-order chi connectivity index (χ0) is 16.1. The van der Waals surface area contributed by atoms with Crippen LogP contribution in [-0.4, -0.2) is 4.57 Å². The minimum atomic E-state index is 0.437. The topological polar surface area (TPSA) is 4.93 Å². The number of rotatable bonds is 1. The fourth-order valence-corrected chi connectivity index (χ4v) is 4.07. The van der Waals surface area contributed by atoms with Crippen molar-refractivity contribution in [2.75, 3.05) is 0 Å². The van der Waals surface area contributed by atoms with Crippen molar-refractivity contribution in [1.82, 2.24) is 4.57 Å². The van der Waals surface area contributed by atoms with Crippen LogP contribution < -0.4 is 0 Å². The average Bonchev–Trinajstić information content (AvgIpc) is 2.97. The predicted octanol–water partition coefficient (Wildman–Crippen LogP) is 5.79. The van der Waals surface area contributed by atoms with E-state index in [-0.39, 0.29) is 0 Å². The molecule has 0 amide bonds. The largest absolute Gasteiger partial charge is 0.310 e. The van der Waals surface area contributed by atoms with Gasteiger partial charge in [0.05, 0.1) is 11.2 Å². The van der Waals surface area contributed by atoms with Crippen molar-refractivity contribution < 1.29 is 0 Å². The Morgan fingerprint density at radius 2 is 1.62 bits per heavy atom. The number of hydrogen-bond donors (Lipinski definition) is 0. The Kier molecular flexibility index (Phi) is 2.90. The van der Waals surface area contributed by atoms with Crippen LogP contribution in [0.25, 0.3) is 22.7 Å².